The minimum absolute atomic E-state index is 0.108. The van der Waals surface area contributed by atoms with Crippen molar-refractivity contribution in [3.8, 4) is 11.1 Å². The Morgan fingerprint density at radius 3 is 2.34 bits per heavy atom. The van der Waals surface area contributed by atoms with E-state index in [1.54, 1.807) is 12.1 Å². The summed E-state index contributed by atoms with van der Waals surface area (Å²) in [5, 5.41) is 5.26. The smallest absolute Gasteiger partial charge is 0.254 e. The molecule has 166 valence electrons. The Morgan fingerprint density at radius 2 is 1.59 bits per heavy atom. The second kappa shape index (κ2) is 11.4. The number of nitrogens with one attached hydrogen (secondary N) is 3. The second-order valence-electron chi connectivity index (χ2n) is 7.05. The summed E-state index contributed by atoms with van der Waals surface area (Å²) in [4.78, 5) is 25.3. The van der Waals surface area contributed by atoms with Crippen LogP contribution in [0.1, 0.15) is 15.9 Å². The molecule has 3 N–H and O–H groups in total. The summed E-state index contributed by atoms with van der Waals surface area (Å²) in [6.07, 6.45) is 0. The van der Waals surface area contributed by atoms with Gasteiger partial charge in [0.05, 0.1) is 12.1 Å². The maximum atomic E-state index is 14.1. The van der Waals surface area contributed by atoms with Gasteiger partial charge in [-0.05, 0) is 66.4 Å². The van der Waals surface area contributed by atoms with Crippen LogP contribution in [0.5, 0.6) is 0 Å². The average molecular weight is 456 g/mol. The summed E-state index contributed by atoms with van der Waals surface area (Å²) < 4.78 is 30.6. The Kier molecular flexibility index (Phi) is 8.35. The van der Waals surface area contributed by atoms with E-state index in [-0.39, 0.29) is 31.1 Å². The molecule has 0 aliphatic heterocycles. The summed E-state index contributed by atoms with van der Waals surface area (Å²) in [7, 11) is 0. The van der Waals surface area contributed by atoms with Crippen LogP contribution in [0.25, 0.3) is 11.1 Å². The number of benzene rings is 3. The Morgan fingerprint density at radius 1 is 0.875 bits per heavy atom. The molecule has 5 nitrogen and oxygen atoms in total. The van der Waals surface area contributed by atoms with Crippen LogP contribution in [0.3, 0.4) is 0 Å². The molecule has 0 saturated heterocycles. The van der Waals surface area contributed by atoms with Crippen LogP contribution >= 0.6 is 11.9 Å². The molecular formula is C24H23F2N3O2S. The first-order valence-electron chi connectivity index (χ1n) is 9.99. The molecule has 0 spiro atoms. The van der Waals surface area contributed by atoms with Gasteiger partial charge in [-0.25, -0.2) is 8.78 Å². The molecule has 0 fully saturated rings. The molecule has 0 aliphatic rings. The van der Waals surface area contributed by atoms with Gasteiger partial charge in [0.2, 0.25) is 5.91 Å². The van der Waals surface area contributed by atoms with Crippen LogP contribution in [0.2, 0.25) is 0 Å². The van der Waals surface area contributed by atoms with Crippen molar-refractivity contribution in [2.75, 3.05) is 19.6 Å². The first-order chi connectivity index (χ1) is 15.4. The van der Waals surface area contributed by atoms with Crippen LogP contribution < -0.4 is 15.4 Å². The fourth-order valence-electron chi connectivity index (χ4n) is 2.87. The largest absolute Gasteiger partial charge is 0.353 e. The lowest BCUT2D eigenvalue weighted by Gasteiger charge is -2.10. The molecule has 8 heteroatoms. The van der Waals surface area contributed by atoms with E-state index in [2.05, 4.69) is 15.4 Å². The molecular weight excluding hydrogens is 432 g/mol. The van der Waals surface area contributed by atoms with Crippen molar-refractivity contribution >= 4 is 23.8 Å². The highest BCUT2D eigenvalue weighted by Crippen LogP contribution is 2.23. The Bertz CT molecular complexity index is 1090. The third kappa shape index (κ3) is 6.90. The third-order valence-electron chi connectivity index (χ3n) is 4.55. The van der Waals surface area contributed by atoms with Crippen LogP contribution in [-0.4, -0.2) is 31.4 Å². The molecule has 3 aromatic rings. The van der Waals surface area contributed by atoms with E-state index >= 15 is 0 Å². The maximum absolute atomic E-state index is 14.1. The zero-order chi connectivity index (χ0) is 22.9. The topological polar surface area (TPSA) is 70.2 Å². The van der Waals surface area contributed by atoms with E-state index in [1.807, 2.05) is 31.2 Å². The van der Waals surface area contributed by atoms with Crippen molar-refractivity contribution in [3.05, 3.63) is 89.5 Å². The van der Waals surface area contributed by atoms with Crippen molar-refractivity contribution in [3.63, 3.8) is 0 Å². The minimum atomic E-state index is -0.677. The number of hydrogen-bond acceptors (Lipinski definition) is 4. The predicted octanol–water partition coefficient (Wildman–Crippen LogP) is 4.08. The Hall–Kier alpha value is -3.23. The van der Waals surface area contributed by atoms with Gasteiger partial charge in [-0.3, -0.25) is 14.3 Å². The summed E-state index contributed by atoms with van der Waals surface area (Å²) in [5.41, 5.74) is 2.09. The van der Waals surface area contributed by atoms with Gasteiger partial charge in [-0.1, -0.05) is 35.9 Å². The van der Waals surface area contributed by atoms with Crippen LogP contribution in [-0.2, 0) is 4.79 Å². The van der Waals surface area contributed by atoms with Crippen molar-refractivity contribution in [2.24, 2.45) is 0 Å². The molecule has 0 saturated carbocycles. The molecule has 0 heterocycles. The molecule has 0 unspecified atom stereocenters. The first kappa shape index (κ1) is 23.4. The van der Waals surface area contributed by atoms with Gasteiger partial charge in [0, 0.05) is 18.0 Å². The highest BCUT2D eigenvalue weighted by Gasteiger charge is 2.13. The van der Waals surface area contributed by atoms with Gasteiger partial charge < -0.3 is 10.6 Å². The fourth-order valence-corrected chi connectivity index (χ4v) is 3.52. The minimum Gasteiger partial charge on any atom is -0.353 e. The number of carbonyl (C=O) groups is 2. The SMILES string of the molecule is Cc1ccc(SNCC(=O)NCCNC(=O)c2cc(-c3cccc(F)c3)ccc2F)cc1. The molecule has 3 rings (SSSR count). The molecule has 32 heavy (non-hydrogen) atoms. The van der Waals surface area contributed by atoms with Crippen LogP contribution in [0.4, 0.5) is 8.78 Å². The van der Waals surface area contributed by atoms with E-state index in [4.69, 9.17) is 0 Å². The van der Waals surface area contributed by atoms with Gasteiger partial charge in [0.1, 0.15) is 11.6 Å². The number of halogens is 2. The predicted molar refractivity (Wildman–Crippen MR) is 122 cm³/mol. The van der Waals surface area contributed by atoms with E-state index in [1.165, 1.54) is 42.3 Å². The molecule has 2 amide bonds. The van der Waals surface area contributed by atoms with Gasteiger partial charge in [-0.2, -0.15) is 0 Å². The molecule has 0 radical (unpaired) electrons. The highest BCUT2D eigenvalue weighted by atomic mass is 32.2. The summed E-state index contributed by atoms with van der Waals surface area (Å²) >= 11 is 1.36. The fraction of sp³-hybridized carbons (Fsp3) is 0.167. The third-order valence-corrected chi connectivity index (χ3v) is 5.34. The molecule has 0 aromatic heterocycles. The number of rotatable bonds is 9. The summed E-state index contributed by atoms with van der Waals surface area (Å²) in [5.74, 6) is -1.93. The van der Waals surface area contributed by atoms with Crippen molar-refractivity contribution in [2.45, 2.75) is 11.8 Å². The number of carbonyl (C=O) groups excluding carboxylic acids is 2. The zero-order valence-electron chi connectivity index (χ0n) is 17.5. The van der Waals surface area contributed by atoms with E-state index < -0.39 is 17.5 Å². The van der Waals surface area contributed by atoms with Gasteiger partial charge >= 0.3 is 0 Å². The molecule has 0 atom stereocenters. The summed E-state index contributed by atoms with van der Waals surface area (Å²) in [6.45, 7) is 2.45. The van der Waals surface area contributed by atoms with E-state index in [9.17, 15) is 18.4 Å². The second-order valence-corrected chi connectivity index (χ2v) is 8.01. The van der Waals surface area contributed by atoms with Crippen molar-refractivity contribution in [1.29, 1.82) is 0 Å². The van der Waals surface area contributed by atoms with Crippen molar-refractivity contribution < 1.29 is 18.4 Å². The maximum Gasteiger partial charge on any atom is 0.254 e. The van der Waals surface area contributed by atoms with Crippen molar-refractivity contribution in [1.82, 2.24) is 15.4 Å². The monoisotopic (exact) mass is 455 g/mol. The lowest BCUT2D eigenvalue weighted by atomic mass is 10.0. The standard InChI is InChI=1S/C24H23F2N3O2S/c1-16-5-8-20(9-6-16)32-29-15-23(30)27-11-12-28-24(31)21-14-18(7-10-22(21)26)17-3-2-4-19(25)13-17/h2-10,13-14,29H,11-12,15H2,1H3,(H,27,30)(H,28,31). The van der Waals surface area contributed by atoms with Gasteiger partial charge in [0.15, 0.2) is 0 Å². The Labute approximate surface area is 189 Å². The molecule has 0 aliphatic carbocycles. The quantitative estimate of drug-likeness (QED) is 0.336. The number of aryl methyl sites for hydroxylation is 1. The highest BCUT2D eigenvalue weighted by molar-refractivity contribution is 7.97. The van der Waals surface area contributed by atoms with Gasteiger partial charge in [-0.15, -0.1) is 0 Å². The van der Waals surface area contributed by atoms with E-state index in [0.29, 0.717) is 11.1 Å². The van der Waals surface area contributed by atoms with E-state index in [0.717, 1.165) is 10.5 Å². The lowest BCUT2D eigenvalue weighted by molar-refractivity contribution is -0.119. The molecule has 3 aromatic carbocycles. The molecule has 0 bridgehead atoms. The zero-order valence-corrected chi connectivity index (χ0v) is 18.3. The van der Waals surface area contributed by atoms with Crippen LogP contribution in [0, 0.1) is 18.6 Å². The van der Waals surface area contributed by atoms with Gasteiger partial charge in [0.25, 0.3) is 5.91 Å². The first-order valence-corrected chi connectivity index (χ1v) is 10.8. The Balaban J connectivity index is 1.43. The average Bonchev–Trinajstić information content (AvgIpc) is 2.78. The number of amides is 2. The normalized spacial score (nSPS) is 10.6. The number of hydrogen-bond donors (Lipinski definition) is 3. The lowest BCUT2D eigenvalue weighted by Crippen LogP contribution is -2.38. The van der Waals surface area contributed by atoms with Crippen LogP contribution in [0.15, 0.2) is 71.6 Å². The summed E-state index contributed by atoms with van der Waals surface area (Å²) in [6, 6.07) is 17.8.